The Hall–Kier alpha value is -2.04. The van der Waals surface area contributed by atoms with Crippen LogP contribution in [0.25, 0.3) is 0 Å². The number of alkyl carbamates (subject to hydrolysis) is 1. The first-order valence-corrected chi connectivity index (χ1v) is 7.37. The van der Waals surface area contributed by atoms with Crippen LogP contribution < -0.4 is 11.1 Å². The molecule has 5 heteroatoms. The van der Waals surface area contributed by atoms with Crippen molar-refractivity contribution in [3.63, 3.8) is 0 Å². The summed E-state index contributed by atoms with van der Waals surface area (Å²) in [4.78, 5) is 23.4. The number of nitrogens with two attached hydrogens (primary N) is 1. The lowest BCUT2D eigenvalue weighted by molar-refractivity contribution is -0.129. The zero-order chi connectivity index (χ0) is 15.1. The minimum Gasteiger partial charge on any atom is -0.445 e. The van der Waals surface area contributed by atoms with Crippen LogP contribution in [0.15, 0.2) is 30.3 Å². The van der Waals surface area contributed by atoms with Crippen molar-refractivity contribution in [2.24, 2.45) is 11.1 Å². The average Bonchev–Trinajstić information content (AvgIpc) is 2.52. The number of hydrogen-bond donors (Lipinski definition) is 2. The molecule has 0 aliphatic heterocycles. The third kappa shape index (κ3) is 4.21. The van der Waals surface area contributed by atoms with Gasteiger partial charge in [0.2, 0.25) is 5.91 Å². The Morgan fingerprint density at radius 3 is 2.43 bits per heavy atom. The van der Waals surface area contributed by atoms with Crippen molar-refractivity contribution < 1.29 is 14.3 Å². The van der Waals surface area contributed by atoms with Gasteiger partial charge in [0, 0.05) is 6.54 Å². The summed E-state index contributed by atoms with van der Waals surface area (Å²) in [5, 5.41) is 2.68. The van der Waals surface area contributed by atoms with Crippen LogP contribution in [0.4, 0.5) is 4.79 Å². The van der Waals surface area contributed by atoms with E-state index in [9.17, 15) is 9.59 Å². The number of rotatable bonds is 5. The fourth-order valence-electron chi connectivity index (χ4n) is 2.75. The smallest absolute Gasteiger partial charge is 0.407 e. The van der Waals surface area contributed by atoms with Gasteiger partial charge in [0.25, 0.3) is 0 Å². The normalized spacial score (nSPS) is 17.0. The summed E-state index contributed by atoms with van der Waals surface area (Å²) in [6.45, 7) is 0.478. The van der Waals surface area contributed by atoms with E-state index in [1.165, 1.54) is 0 Å². The maximum atomic E-state index is 11.7. The molecule has 114 valence electrons. The van der Waals surface area contributed by atoms with Crippen molar-refractivity contribution in [2.45, 2.75) is 38.7 Å². The van der Waals surface area contributed by atoms with E-state index < -0.39 is 11.5 Å². The monoisotopic (exact) mass is 290 g/mol. The van der Waals surface area contributed by atoms with Gasteiger partial charge in [0.05, 0.1) is 5.41 Å². The first-order chi connectivity index (χ1) is 10.1. The van der Waals surface area contributed by atoms with Crippen LogP contribution in [-0.2, 0) is 16.1 Å². The molecule has 0 spiro atoms. The Bertz CT molecular complexity index is 482. The molecule has 0 unspecified atom stereocenters. The number of amides is 2. The highest BCUT2D eigenvalue weighted by Crippen LogP contribution is 2.35. The second kappa shape index (κ2) is 7.11. The number of carbonyl (C=O) groups excluding carboxylic acids is 2. The number of carbonyl (C=O) groups is 2. The quantitative estimate of drug-likeness (QED) is 0.873. The molecule has 0 radical (unpaired) electrons. The Kier molecular flexibility index (Phi) is 5.20. The number of benzene rings is 1. The lowest BCUT2D eigenvalue weighted by Gasteiger charge is -2.34. The minimum atomic E-state index is -0.607. The van der Waals surface area contributed by atoms with Gasteiger partial charge in [-0.05, 0) is 18.4 Å². The van der Waals surface area contributed by atoms with Crippen molar-refractivity contribution in [3.8, 4) is 0 Å². The standard InChI is InChI=1S/C16H22N2O3/c17-14(19)16(9-5-2-6-10-16)12-18-15(20)21-11-13-7-3-1-4-8-13/h1,3-4,7-8H,2,5-6,9-12H2,(H2,17,19)(H,18,20). The van der Waals surface area contributed by atoms with Crippen LogP contribution >= 0.6 is 0 Å². The van der Waals surface area contributed by atoms with E-state index in [1.54, 1.807) is 0 Å². The molecule has 1 aliphatic carbocycles. The van der Waals surface area contributed by atoms with Crippen LogP contribution in [0.1, 0.15) is 37.7 Å². The highest BCUT2D eigenvalue weighted by atomic mass is 16.5. The van der Waals surface area contributed by atoms with Crippen molar-refractivity contribution in [1.82, 2.24) is 5.32 Å². The third-order valence-electron chi connectivity index (χ3n) is 4.12. The van der Waals surface area contributed by atoms with Crippen LogP contribution in [0.3, 0.4) is 0 Å². The van der Waals surface area contributed by atoms with Crippen molar-refractivity contribution in [3.05, 3.63) is 35.9 Å². The van der Waals surface area contributed by atoms with Crippen LogP contribution in [-0.4, -0.2) is 18.5 Å². The molecule has 0 atom stereocenters. The van der Waals surface area contributed by atoms with Gasteiger partial charge in [-0.3, -0.25) is 4.79 Å². The van der Waals surface area contributed by atoms with E-state index in [1.807, 2.05) is 30.3 Å². The Morgan fingerprint density at radius 1 is 1.14 bits per heavy atom. The van der Waals surface area contributed by atoms with Gasteiger partial charge in [-0.25, -0.2) is 4.79 Å². The molecule has 3 N–H and O–H groups in total. The van der Waals surface area contributed by atoms with E-state index >= 15 is 0 Å². The summed E-state index contributed by atoms with van der Waals surface area (Å²) in [6, 6.07) is 9.46. The largest absolute Gasteiger partial charge is 0.445 e. The summed E-state index contributed by atoms with van der Waals surface area (Å²) in [7, 11) is 0. The van der Waals surface area contributed by atoms with Gasteiger partial charge < -0.3 is 15.8 Å². The molecule has 21 heavy (non-hydrogen) atoms. The highest BCUT2D eigenvalue weighted by molar-refractivity contribution is 5.82. The fourth-order valence-corrected chi connectivity index (χ4v) is 2.75. The lowest BCUT2D eigenvalue weighted by atomic mass is 9.73. The van der Waals surface area contributed by atoms with E-state index in [0.717, 1.165) is 37.7 Å². The maximum absolute atomic E-state index is 11.7. The predicted octanol–water partition coefficient (Wildman–Crippen LogP) is 2.35. The van der Waals surface area contributed by atoms with Crippen molar-refractivity contribution in [1.29, 1.82) is 0 Å². The van der Waals surface area contributed by atoms with Gasteiger partial charge in [-0.2, -0.15) is 0 Å². The van der Waals surface area contributed by atoms with Gasteiger partial charge in [0.15, 0.2) is 0 Å². The zero-order valence-electron chi connectivity index (χ0n) is 12.1. The van der Waals surface area contributed by atoms with Gasteiger partial charge >= 0.3 is 6.09 Å². The average molecular weight is 290 g/mol. The first kappa shape index (κ1) is 15.4. The minimum absolute atomic E-state index is 0.218. The number of primary amides is 1. The number of hydrogen-bond acceptors (Lipinski definition) is 3. The van der Waals surface area contributed by atoms with Gasteiger partial charge in [0.1, 0.15) is 6.61 Å². The molecule has 0 aromatic heterocycles. The fraction of sp³-hybridized carbons (Fsp3) is 0.500. The second-order valence-corrected chi connectivity index (χ2v) is 5.62. The Morgan fingerprint density at radius 2 is 1.81 bits per heavy atom. The Balaban J connectivity index is 1.80. The summed E-state index contributed by atoms with van der Waals surface area (Å²) >= 11 is 0. The van der Waals surface area contributed by atoms with Gasteiger partial charge in [-0.15, -0.1) is 0 Å². The van der Waals surface area contributed by atoms with Crippen LogP contribution in [0.5, 0.6) is 0 Å². The van der Waals surface area contributed by atoms with Crippen LogP contribution in [0, 0.1) is 5.41 Å². The summed E-state index contributed by atoms with van der Waals surface area (Å²) < 4.78 is 5.14. The van der Waals surface area contributed by atoms with Gasteiger partial charge in [-0.1, -0.05) is 49.6 Å². The van der Waals surface area contributed by atoms with Crippen LogP contribution in [0.2, 0.25) is 0 Å². The predicted molar refractivity (Wildman–Crippen MR) is 79.3 cm³/mol. The molecular formula is C16H22N2O3. The highest BCUT2D eigenvalue weighted by Gasteiger charge is 2.38. The molecule has 1 aromatic carbocycles. The summed E-state index contributed by atoms with van der Waals surface area (Å²) in [5.74, 6) is -0.328. The van der Waals surface area contributed by atoms with E-state index in [0.29, 0.717) is 0 Å². The number of nitrogens with one attached hydrogen (secondary N) is 1. The summed E-state index contributed by atoms with van der Waals surface area (Å²) in [6.07, 6.45) is 4.04. The zero-order valence-corrected chi connectivity index (χ0v) is 12.1. The van der Waals surface area contributed by atoms with Crippen molar-refractivity contribution >= 4 is 12.0 Å². The van der Waals surface area contributed by atoms with E-state index in [2.05, 4.69) is 5.32 Å². The lowest BCUT2D eigenvalue weighted by Crippen LogP contribution is -2.47. The van der Waals surface area contributed by atoms with Crippen molar-refractivity contribution in [2.75, 3.05) is 6.54 Å². The maximum Gasteiger partial charge on any atom is 0.407 e. The van der Waals surface area contributed by atoms with E-state index in [4.69, 9.17) is 10.5 Å². The molecule has 2 rings (SSSR count). The molecule has 0 saturated heterocycles. The second-order valence-electron chi connectivity index (χ2n) is 5.62. The van der Waals surface area contributed by atoms with E-state index in [-0.39, 0.29) is 19.1 Å². The number of ether oxygens (including phenoxy) is 1. The third-order valence-corrected chi connectivity index (χ3v) is 4.12. The SMILES string of the molecule is NC(=O)C1(CNC(=O)OCc2ccccc2)CCCCC1. The molecule has 1 fully saturated rings. The molecule has 0 bridgehead atoms. The molecule has 2 amide bonds. The molecule has 1 saturated carbocycles. The summed E-state index contributed by atoms with van der Waals surface area (Å²) in [5.41, 5.74) is 5.84. The molecule has 0 heterocycles. The topological polar surface area (TPSA) is 81.4 Å². The molecule has 5 nitrogen and oxygen atoms in total. The first-order valence-electron chi connectivity index (χ1n) is 7.37. The molecule has 1 aliphatic rings. The molecule has 1 aromatic rings. The Labute approximate surface area is 124 Å². The molecular weight excluding hydrogens is 268 g/mol.